The Labute approximate surface area is 143 Å². The number of hydrogen-bond acceptors (Lipinski definition) is 1. The number of hydrogen-bond donors (Lipinski definition) is 0. The Balaban J connectivity index is 0. The zero-order chi connectivity index (χ0) is 18.3. The quantitative estimate of drug-likeness (QED) is 0.326. The molecule has 1 rings (SSSR count). The molecular formula is C22H34O. The second kappa shape index (κ2) is 15.0. The fourth-order valence-corrected chi connectivity index (χ4v) is 1.39. The third-order valence-corrected chi connectivity index (χ3v) is 3.04. The van der Waals surface area contributed by atoms with E-state index >= 15 is 0 Å². The lowest BCUT2D eigenvalue weighted by Gasteiger charge is -2.01. The highest BCUT2D eigenvalue weighted by atomic mass is 16.1. The summed E-state index contributed by atoms with van der Waals surface area (Å²) in [4.78, 5) is 12.1. The molecule has 0 bridgehead atoms. The standard InChI is InChI=1S/C15H16O.C5H12.C2H6/c1-4-6-13(7-5-2)15(16)14-10-8-12(3)9-11-14;1-4-5(2)3;1-2/h4-11H,1H2,2-3H3;5H,4H2,1-3H3;1-2H3/b7-5-,13-6+;;. The summed E-state index contributed by atoms with van der Waals surface area (Å²) in [5.74, 6) is 0.910. The fraction of sp³-hybridized carbons (Fsp3) is 0.409. The first kappa shape index (κ1) is 23.4. The van der Waals surface area contributed by atoms with Crippen LogP contribution in [0.2, 0.25) is 0 Å². The van der Waals surface area contributed by atoms with Gasteiger partial charge in [-0.3, -0.25) is 4.79 Å². The number of aryl methyl sites for hydroxylation is 1. The monoisotopic (exact) mass is 314 g/mol. The smallest absolute Gasteiger partial charge is 0.193 e. The van der Waals surface area contributed by atoms with Crippen LogP contribution in [0.5, 0.6) is 0 Å². The van der Waals surface area contributed by atoms with Crippen LogP contribution in [0.15, 0.2) is 60.7 Å². The van der Waals surface area contributed by atoms with Gasteiger partial charge in [0, 0.05) is 11.1 Å². The van der Waals surface area contributed by atoms with Crippen molar-refractivity contribution < 1.29 is 4.79 Å². The van der Waals surface area contributed by atoms with E-state index in [-0.39, 0.29) is 5.78 Å². The molecule has 0 saturated heterocycles. The molecule has 0 fully saturated rings. The molecule has 0 radical (unpaired) electrons. The Hall–Kier alpha value is -1.89. The summed E-state index contributed by atoms with van der Waals surface area (Å²) in [6.45, 7) is 18.1. The molecule has 0 spiro atoms. The average Bonchev–Trinajstić information content (AvgIpc) is 2.57. The molecule has 0 unspecified atom stereocenters. The first-order valence-electron chi connectivity index (χ1n) is 8.53. The second-order valence-electron chi connectivity index (χ2n) is 5.35. The summed E-state index contributed by atoms with van der Waals surface area (Å²) >= 11 is 0. The van der Waals surface area contributed by atoms with Crippen LogP contribution in [0.4, 0.5) is 0 Å². The fourth-order valence-electron chi connectivity index (χ4n) is 1.39. The van der Waals surface area contributed by atoms with Crippen molar-refractivity contribution in [3.8, 4) is 0 Å². The summed E-state index contributed by atoms with van der Waals surface area (Å²) in [6.07, 6.45) is 8.30. The summed E-state index contributed by atoms with van der Waals surface area (Å²) in [5.41, 5.74) is 2.51. The zero-order valence-electron chi connectivity index (χ0n) is 16.0. The molecule has 0 N–H and O–H groups in total. The lowest BCUT2D eigenvalue weighted by Crippen LogP contribution is -2.01. The number of carbonyl (C=O) groups excluding carboxylic acids is 1. The van der Waals surface area contributed by atoms with Gasteiger partial charge in [-0.05, 0) is 19.8 Å². The first-order chi connectivity index (χ1) is 11.0. The van der Waals surface area contributed by atoms with Crippen LogP contribution < -0.4 is 0 Å². The lowest BCUT2D eigenvalue weighted by molar-refractivity contribution is 0.103. The summed E-state index contributed by atoms with van der Waals surface area (Å²) in [6, 6.07) is 7.57. The Bertz CT molecular complexity index is 487. The third kappa shape index (κ3) is 11.3. The van der Waals surface area contributed by atoms with Crippen molar-refractivity contribution in [3.05, 3.63) is 71.8 Å². The molecule has 1 nitrogen and oxygen atoms in total. The van der Waals surface area contributed by atoms with E-state index in [0.717, 1.165) is 11.5 Å². The van der Waals surface area contributed by atoms with Gasteiger partial charge in [-0.15, -0.1) is 0 Å². The van der Waals surface area contributed by atoms with Gasteiger partial charge in [0.05, 0.1) is 0 Å². The maximum atomic E-state index is 12.1. The van der Waals surface area contributed by atoms with Crippen molar-refractivity contribution in [3.63, 3.8) is 0 Å². The average molecular weight is 315 g/mol. The molecule has 0 aliphatic heterocycles. The minimum atomic E-state index is 0.0259. The largest absolute Gasteiger partial charge is 0.289 e. The third-order valence-electron chi connectivity index (χ3n) is 3.04. The van der Waals surface area contributed by atoms with E-state index < -0.39 is 0 Å². The van der Waals surface area contributed by atoms with Crippen LogP contribution in [0, 0.1) is 12.8 Å². The van der Waals surface area contributed by atoms with Gasteiger partial charge in [0.2, 0.25) is 0 Å². The molecule has 0 aliphatic carbocycles. The van der Waals surface area contributed by atoms with Gasteiger partial charge in [0.1, 0.15) is 0 Å². The van der Waals surface area contributed by atoms with Crippen molar-refractivity contribution in [2.24, 2.45) is 5.92 Å². The van der Waals surface area contributed by atoms with Crippen LogP contribution in [0.25, 0.3) is 0 Å². The normalized spacial score (nSPS) is 10.5. The molecule has 1 aromatic carbocycles. The van der Waals surface area contributed by atoms with E-state index in [1.54, 1.807) is 18.2 Å². The van der Waals surface area contributed by atoms with Crippen LogP contribution in [-0.4, -0.2) is 5.78 Å². The Morgan fingerprint density at radius 1 is 1.17 bits per heavy atom. The molecule has 0 saturated carbocycles. The maximum Gasteiger partial charge on any atom is 0.193 e. The highest BCUT2D eigenvalue weighted by Crippen LogP contribution is 2.11. The van der Waals surface area contributed by atoms with Gasteiger partial charge in [-0.2, -0.15) is 0 Å². The van der Waals surface area contributed by atoms with E-state index in [0.29, 0.717) is 11.1 Å². The highest BCUT2D eigenvalue weighted by molar-refractivity contribution is 6.10. The van der Waals surface area contributed by atoms with Crippen molar-refractivity contribution in [2.45, 2.75) is 54.9 Å². The molecule has 128 valence electrons. The van der Waals surface area contributed by atoms with Gasteiger partial charge in [-0.25, -0.2) is 0 Å². The second-order valence-corrected chi connectivity index (χ2v) is 5.35. The minimum absolute atomic E-state index is 0.0259. The van der Waals surface area contributed by atoms with E-state index in [9.17, 15) is 4.79 Å². The molecule has 1 heteroatoms. The molecule has 0 aliphatic rings. The van der Waals surface area contributed by atoms with Crippen molar-refractivity contribution in [1.82, 2.24) is 0 Å². The van der Waals surface area contributed by atoms with Gasteiger partial charge < -0.3 is 0 Å². The predicted octanol–water partition coefficient (Wildman–Crippen LogP) is 6.94. The summed E-state index contributed by atoms with van der Waals surface area (Å²) < 4.78 is 0. The molecule has 0 aromatic heterocycles. The van der Waals surface area contributed by atoms with Crippen molar-refractivity contribution in [1.29, 1.82) is 0 Å². The van der Waals surface area contributed by atoms with Crippen molar-refractivity contribution >= 4 is 5.78 Å². The number of benzene rings is 1. The molecule has 0 heterocycles. The van der Waals surface area contributed by atoms with Gasteiger partial charge >= 0.3 is 0 Å². The van der Waals surface area contributed by atoms with Gasteiger partial charge in [0.15, 0.2) is 5.78 Å². The number of allylic oxidation sites excluding steroid dienone is 5. The van der Waals surface area contributed by atoms with Crippen LogP contribution in [0.3, 0.4) is 0 Å². The molecule has 0 atom stereocenters. The molecule has 23 heavy (non-hydrogen) atoms. The number of carbonyl (C=O) groups is 1. The number of rotatable bonds is 5. The van der Waals surface area contributed by atoms with Gasteiger partial charge in [0.25, 0.3) is 0 Å². The van der Waals surface area contributed by atoms with Crippen molar-refractivity contribution in [2.75, 3.05) is 0 Å². The van der Waals surface area contributed by atoms with Crippen LogP contribution in [-0.2, 0) is 0 Å². The lowest BCUT2D eigenvalue weighted by atomic mass is 10.0. The maximum absolute atomic E-state index is 12.1. The predicted molar refractivity (Wildman–Crippen MR) is 105 cm³/mol. The molecular weight excluding hydrogens is 280 g/mol. The topological polar surface area (TPSA) is 17.1 Å². The summed E-state index contributed by atoms with van der Waals surface area (Å²) in [7, 11) is 0. The minimum Gasteiger partial charge on any atom is -0.289 e. The highest BCUT2D eigenvalue weighted by Gasteiger charge is 2.08. The SMILES string of the molecule is C=C/C=C(\C=C/C)C(=O)c1ccc(C)cc1.CC.CCC(C)C. The van der Waals surface area contributed by atoms with Crippen LogP contribution >= 0.6 is 0 Å². The zero-order valence-corrected chi connectivity index (χ0v) is 16.0. The van der Waals surface area contributed by atoms with Gasteiger partial charge in [-0.1, -0.05) is 102 Å². The summed E-state index contributed by atoms with van der Waals surface area (Å²) in [5, 5.41) is 0. The van der Waals surface area contributed by atoms with Crippen LogP contribution in [0.1, 0.15) is 63.9 Å². The van der Waals surface area contributed by atoms with E-state index in [1.165, 1.54) is 6.42 Å². The molecule has 1 aromatic rings. The number of Topliss-reactive ketones (excluding diaryl/α,β-unsaturated/α-hetero) is 1. The Morgan fingerprint density at radius 3 is 2.00 bits per heavy atom. The Morgan fingerprint density at radius 2 is 1.65 bits per heavy atom. The first-order valence-corrected chi connectivity index (χ1v) is 8.53. The van der Waals surface area contributed by atoms with E-state index in [1.807, 2.05) is 58.0 Å². The van der Waals surface area contributed by atoms with E-state index in [2.05, 4.69) is 27.4 Å². The Kier molecular flexibility index (Phi) is 15.3. The molecule has 0 amide bonds. The van der Waals surface area contributed by atoms with E-state index in [4.69, 9.17) is 0 Å². The number of ketones is 1.